The molecule has 7 nitrogen and oxygen atoms in total. The summed E-state index contributed by atoms with van der Waals surface area (Å²) in [7, 11) is -5.97. The van der Waals surface area contributed by atoms with Crippen LogP contribution in [0.2, 0.25) is 0 Å². The lowest BCUT2D eigenvalue weighted by atomic mass is 10.0. The normalized spacial score (nSPS) is 12.5. The molecule has 11 heteroatoms. The van der Waals surface area contributed by atoms with Gasteiger partial charge in [-0.3, -0.25) is 9.59 Å². The van der Waals surface area contributed by atoms with Crippen LogP contribution in [0.3, 0.4) is 0 Å². The highest BCUT2D eigenvalue weighted by atomic mass is 32.2. The minimum atomic E-state index is -5.97. The minimum Gasteiger partial charge on any atom is -0.481 e. The van der Waals surface area contributed by atoms with E-state index in [1.54, 1.807) is 13.8 Å². The molecule has 142 valence electrons. The van der Waals surface area contributed by atoms with Gasteiger partial charge in [0, 0.05) is 18.1 Å². The molecular formula is C15H13F3O7S. The van der Waals surface area contributed by atoms with E-state index in [1.807, 2.05) is 0 Å². The first-order valence-corrected chi connectivity index (χ1v) is 8.56. The second-order valence-electron chi connectivity index (χ2n) is 5.68. The third kappa shape index (κ3) is 3.98. The van der Waals surface area contributed by atoms with Crippen LogP contribution in [0.15, 0.2) is 27.4 Å². The summed E-state index contributed by atoms with van der Waals surface area (Å²) in [6.45, 7) is 3.38. The molecular weight excluding hydrogens is 381 g/mol. The number of halogens is 3. The molecule has 0 amide bonds. The topological polar surface area (TPSA) is 111 Å². The predicted molar refractivity (Wildman–Crippen MR) is 83.5 cm³/mol. The zero-order chi connectivity index (χ0) is 19.9. The Labute approximate surface area is 145 Å². The monoisotopic (exact) mass is 394 g/mol. The van der Waals surface area contributed by atoms with E-state index in [2.05, 4.69) is 4.18 Å². The lowest BCUT2D eigenvalue weighted by Gasteiger charge is -2.12. The predicted octanol–water partition coefficient (Wildman–Crippen LogP) is 2.77. The van der Waals surface area contributed by atoms with Crippen molar-refractivity contribution in [2.24, 2.45) is 0 Å². The van der Waals surface area contributed by atoms with E-state index >= 15 is 0 Å². The number of hydrogen-bond acceptors (Lipinski definition) is 6. The van der Waals surface area contributed by atoms with Crippen LogP contribution in [-0.2, 0) is 21.3 Å². The Morgan fingerprint density at radius 3 is 2.38 bits per heavy atom. The van der Waals surface area contributed by atoms with Crippen molar-refractivity contribution >= 4 is 27.1 Å². The summed E-state index contributed by atoms with van der Waals surface area (Å²) in [5.74, 6) is -2.25. The molecule has 1 N–H and O–H groups in total. The van der Waals surface area contributed by atoms with Gasteiger partial charge in [0.05, 0.1) is 11.8 Å². The van der Waals surface area contributed by atoms with Crippen LogP contribution in [0.4, 0.5) is 13.2 Å². The standard InChI is InChI=1S/C15H13F3O7S/c1-7(2)11-6-10(19)14-8(4-13(20)21)3-9(5-12(14)24-11)25-26(22,23)15(16,17)18/h3,5-7H,4H2,1-2H3,(H,20,21). The van der Waals surface area contributed by atoms with E-state index in [-0.39, 0.29) is 28.2 Å². The largest absolute Gasteiger partial charge is 0.534 e. The number of aliphatic carboxylic acids is 1. The number of carboxylic acid groups (broad SMARTS) is 1. The molecule has 0 aliphatic rings. The van der Waals surface area contributed by atoms with E-state index in [0.717, 1.165) is 18.2 Å². The van der Waals surface area contributed by atoms with Crippen molar-refractivity contribution in [1.29, 1.82) is 0 Å². The molecule has 0 saturated carbocycles. The van der Waals surface area contributed by atoms with Gasteiger partial charge in [-0.15, -0.1) is 0 Å². The van der Waals surface area contributed by atoms with Crippen molar-refractivity contribution in [2.45, 2.75) is 31.7 Å². The highest BCUT2D eigenvalue weighted by molar-refractivity contribution is 7.88. The van der Waals surface area contributed by atoms with Gasteiger partial charge in [0.15, 0.2) is 5.43 Å². The molecule has 0 aliphatic carbocycles. The summed E-state index contributed by atoms with van der Waals surface area (Å²) in [6.07, 6.45) is -0.744. The van der Waals surface area contributed by atoms with Crippen molar-refractivity contribution in [3.05, 3.63) is 39.7 Å². The van der Waals surface area contributed by atoms with Crippen molar-refractivity contribution in [2.75, 3.05) is 0 Å². The van der Waals surface area contributed by atoms with Crippen LogP contribution in [0.25, 0.3) is 11.0 Å². The van der Waals surface area contributed by atoms with Crippen LogP contribution < -0.4 is 9.61 Å². The Kier molecular flexibility index (Phi) is 5.04. The third-order valence-corrected chi connectivity index (χ3v) is 4.28. The summed E-state index contributed by atoms with van der Waals surface area (Å²) in [5, 5.41) is 8.77. The zero-order valence-electron chi connectivity index (χ0n) is 13.5. The molecule has 1 heterocycles. The van der Waals surface area contributed by atoms with Crippen LogP contribution in [-0.4, -0.2) is 25.0 Å². The number of hydrogen-bond donors (Lipinski definition) is 1. The van der Waals surface area contributed by atoms with Gasteiger partial charge in [0.2, 0.25) is 0 Å². The average molecular weight is 394 g/mol. The van der Waals surface area contributed by atoms with Gasteiger partial charge in [-0.1, -0.05) is 13.8 Å². The van der Waals surface area contributed by atoms with Gasteiger partial charge >= 0.3 is 21.6 Å². The summed E-state index contributed by atoms with van der Waals surface area (Å²) in [5.41, 5.74) is -6.77. The molecule has 0 atom stereocenters. The quantitative estimate of drug-likeness (QED) is 0.613. The Bertz CT molecular complexity index is 1020. The van der Waals surface area contributed by atoms with Crippen LogP contribution in [0, 0.1) is 0 Å². The number of carbonyl (C=O) groups is 1. The molecule has 0 aliphatic heterocycles. The van der Waals surface area contributed by atoms with Crippen molar-refractivity contribution in [1.82, 2.24) is 0 Å². The van der Waals surface area contributed by atoms with Gasteiger partial charge in [0.1, 0.15) is 17.1 Å². The molecule has 0 bridgehead atoms. The smallest absolute Gasteiger partial charge is 0.481 e. The molecule has 0 saturated heterocycles. The van der Waals surface area contributed by atoms with Gasteiger partial charge in [-0.05, 0) is 11.6 Å². The maximum Gasteiger partial charge on any atom is 0.534 e. The van der Waals surface area contributed by atoms with Gasteiger partial charge in [-0.25, -0.2) is 0 Å². The Morgan fingerprint density at radius 1 is 1.27 bits per heavy atom. The van der Waals surface area contributed by atoms with Crippen molar-refractivity contribution in [3.63, 3.8) is 0 Å². The Hall–Kier alpha value is -2.56. The van der Waals surface area contributed by atoms with Crippen LogP contribution in [0.1, 0.15) is 31.1 Å². The highest BCUT2D eigenvalue weighted by Gasteiger charge is 2.48. The first kappa shape index (κ1) is 19.8. The van der Waals surface area contributed by atoms with Crippen LogP contribution >= 0.6 is 0 Å². The first-order valence-electron chi connectivity index (χ1n) is 7.15. The second kappa shape index (κ2) is 6.63. The van der Waals surface area contributed by atoms with Crippen LogP contribution in [0.5, 0.6) is 5.75 Å². The van der Waals surface area contributed by atoms with Gasteiger partial charge in [0.25, 0.3) is 0 Å². The average Bonchev–Trinajstić information content (AvgIpc) is 2.43. The van der Waals surface area contributed by atoms with Crippen molar-refractivity contribution < 1.29 is 40.1 Å². The summed E-state index contributed by atoms with van der Waals surface area (Å²) >= 11 is 0. The molecule has 0 unspecified atom stereocenters. The maximum atomic E-state index is 12.5. The molecule has 0 spiro atoms. The van der Waals surface area contributed by atoms with E-state index in [0.29, 0.717) is 0 Å². The molecule has 2 rings (SSSR count). The fourth-order valence-electron chi connectivity index (χ4n) is 2.17. The highest BCUT2D eigenvalue weighted by Crippen LogP contribution is 2.31. The number of fused-ring (bicyclic) bond motifs is 1. The van der Waals surface area contributed by atoms with Gasteiger partial charge < -0.3 is 13.7 Å². The molecule has 26 heavy (non-hydrogen) atoms. The third-order valence-electron chi connectivity index (χ3n) is 3.31. The Morgan fingerprint density at radius 2 is 1.88 bits per heavy atom. The van der Waals surface area contributed by atoms with E-state index in [1.165, 1.54) is 0 Å². The molecule has 1 aromatic heterocycles. The van der Waals surface area contributed by atoms with Gasteiger partial charge in [-0.2, -0.15) is 21.6 Å². The number of carboxylic acids is 1. The molecule has 0 fully saturated rings. The fourth-order valence-corrected chi connectivity index (χ4v) is 2.62. The molecule has 1 aromatic carbocycles. The summed E-state index contributed by atoms with van der Waals surface area (Å²) in [6, 6.07) is 2.70. The SMILES string of the molecule is CC(C)c1cc(=O)c2c(CC(=O)O)cc(OS(=O)(=O)C(F)(F)F)cc2o1. The Balaban J connectivity index is 2.73. The first-order chi connectivity index (χ1) is 11.8. The summed E-state index contributed by atoms with van der Waals surface area (Å²) < 4.78 is 69.3. The lowest BCUT2D eigenvalue weighted by Crippen LogP contribution is -2.28. The minimum absolute atomic E-state index is 0.173. The molecule has 0 radical (unpaired) electrons. The van der Waals surface area contributed by atoms with E-state index in [4.69, 9.17) is 9.52 Å². The van der Waals surface area contributed by atoms with Crippen molar-refractivity contribution in [3.8, 4) is 5.75 Å². The number of rotatable bonds is 5. The lowest BCUT2D eigenvalue weighted by molar-refractivity contribution is -0.136. The number of benzene rings is 1. The molecule has 2 aromatic rings. The summed E-state index contributed by atoms with van der Waals surface area (Å²) in [4.78, 5) is 23.3. The zero-order valence-corrected chi connectivity index (χ0v) is 14.3. The van der Waals surface area contributed by atoms with E-state index in [9.17, 15) is 31.2 Å². The second-order valence-corrected chi connectivity index (χ2v) is 7.21. The number of alkyl halides is 3. The fraction of sp³-hybridized carbons (Fsp3) is 0.333. The van der Waals surface area contributed by atoms with E-state index < -0.39 is 39.2 Å². The maximum absolute atomic E-state index is 12.5.